The van der Waals surface area contributed by atoms with Gasteiger partial charge >= 0.3 is 12.5 Å². The van der Waals surface area contributed by atoms with E-state index in [0.717, 1.165) is 36.4 Å². The monoisotopic (exact) mass is 510 g/mol. The summed E-state index contributed by atoms with van der Waals surface area (Å²) in [6.45, 7) is 0. The first-order valence-electron chi connectivity index (χ1n) is 9.94. The lowest BCUT2D eigenvalue weighted by Crippen LogP contribution is -2.31. The highest BCUT2D eigenvalue weighted by molar-refractivity contribution is 6.04. The van der Waals surface area contributed by atoms with Crippen LogP contribution in [0.5, 0.6) is 17.2 Å². The van der Waals surface area contributed by atoms with E-state index >= 15 is 0 Å². The van der Waals surface area contributed by atoms with Gasteiger partial charge in [-0.2, -0.15) is 13.2 Å². The lowest BCUT2D eigenvalue weighted by Gasteiger charge is -2.10. The number of nitrogens with one attached hydrogen (secondary N) is 1. The molecule has 0 aromatic heterocycles. The summed E-state index contributed by atoms with van der Waals surface area (Å²) in [4.78, 5) is 24.3. The van der Waals surface area contributed by atoms with Crippen molar-refractivity contribution in [1.82, 2.24) is 5.32 Å². The van der Waals surface area contributed by atoms with Crippen molar-refractivity contribution in [2.75, 3.05) is 0 Å². The highest BCUT2D eigenvalue weighted by atomic mass is 19.4. The second-order valence-corrected chi connectivity index (χ2v) is 7.14. The van der Waals surface area contributed by atoms with Crippen LogP contribution in [-0.2, 0) is 11.0 Å². The van der Waals surface area contributed by atoms with Crippen LogP contribution < -0.4 is 20.5 Å². The highest BCUT2D eigenvalue weighted by Crippen LogP contribution is 2.31. The molecule has 3 rings (SSSR count). The maximum atomic E-state index is 12.6. The van der Waals surface area contributed by atoms with Crippen molar-refractivity contribution < 1.29 is 45.4 Å². The van der Waals surface area contributed by atoms with Gasteiger partial charge in [-0.05, 0) is 72.3 Å². The van der Waals surface area contributed by atoms with Gasteiger partial charge in [0.15, 0.2) is 0 Å². The molecule has 0 spiro atoms. The molecule has 3 aromatic rings. The molecular formula is C24H16F6N2O4. The molecule has 0 radical (unpaired) electrons. The number of alkyl halides is 6. The van der Waals surface area contributed by atoms with Crippen LogP contribution in [-0.4, -0.2) is 18.2 Å². The molecule has 2 amide bonds. The molecule has 12 heteroatoms. The normalized spacial score (nSPS) is 12.1. The van der Waals surface area contributed by atoms with Gasteiger partial charge in [0.1, 0.15) is 22.9 Å². The number of nitrogens with two attached hydrogens (primary N) is 1. The summed E-state index contributed by atoms with van der Waals surface area (Å²) in [6.07, 6.45) is -8.17. The minimum Gasteiger partial charge on any atom is -0.457 e. The highest BCUT2D eigenvalue weighted by Gasteiger charge is 2.31. The Balaban J connectivity index is 1.67. The smallest absolute Gasteiger partial charge is 0.457 e. The molecule has 0 unspecified atom stereocenters. The molecule has 0 heterocycles. The van der Waals surface area contributed by atoms with Crippen LogP contribution in [0.25, 0.3) is 6.08 Å². The number of benzene rings is 3. The number of halogens is 6. The van der Waals surface area contributed by atoms with Crippen LogP contribution >= 0.6 is 0 Å². The Morgan fingerprint density at radius 1 is 0.750 bits per heavy atom. The van der Waals surface area contributed by atoms with Crippen molar-refractivity contribution in [3.8, 4) is 17.2 Å². The third kappa shape index (κ3) is 7.52. The first kappa shape index (κ1) is 26.1. The lowest BCUT2D eigenvalue weighted by atomic mass is 10.1. The topological polar surface area (TPSA) is 90.7 Å². The minimum atomic E-state index is -4.86. The largest absolute Gasteiger partial charge is 0.573 e. The third-order valence-corrected chi connectivity index (χ3v) is 4.47. The number of carbonyl (C=O) groups is 2. The number of carbonyl (C=O) groups excluding carboxylic acids is 2. The van der Waals surface area contributed by atoms with E-state index in [1.54, 1.807) is 0 Å². The average molecular weight is 510 g/mol. The Morgan fingerprint density at radius 2 is 1.25 bits per heavy atom. The first-order chi connectivity index (χ1) is 16.8. The Hall–Kier alpha value is -4.48. The Kier molecular flexibility index (Phi) is 7.56. The number of hydrogen-bond acceptors (Lipinski definition) is 4. The van der Waals surface area contributed by atoms with Gasteiger partial charge in [-0.15, -0.1) is 13.2 Å². The van der Waals surface area contributed by atoms with Crippen LogP contribution in [0.3, 0.4) is 0 Å². The maximum absolute atomic E-state index is 12.6. The number of amides is 2. The van der Waals surface area contributed by atoms with Crippen molar-refractivity contribution in [3.05, 3.63) is 95.2 Å². The van der Waals surface area contributed by atoms with Gasteiger partial charge in [-0.25, -0.2) is 0 Å². The first-order valence-corrected chi connectivity index (χ1v) is 9.94. The van der Waals surface area contributed by atoms with Crippen molar-refractivity contribution in [2.45, 2.75) is 12.5 Å². The molecular weight excluding hydrogens is 494 g/mol. The summed E-state index contributed by atoms with van der Waals surface area (Å²) in [7, 11) is 0. The van der Waals surface area contributed by atoms with E-state index in [2.05, 4.69) is 10.1 Å². The van der Waals surface area contributed by atoms with Crippen molar-refractivity contribution >= 4 is 17.9 Å². The average Bonchev–Trinajstić information content (AvgIpc) is 2.79. The number of ether oxygens (including phenoxy) is 2. The SMILES string of the molecule is NC(=O)/C(=C\c1ccc(OC(F)(F)F)cc1)NC(=O)c1ccc(Oc2ccc(C(F)(F)F)cc2)cc1. The van der Waals surface area contributed by atoms with Gasteiger partial charge in [0, 0.05) is 5.56 Å². The summed E-state index contributed by atoms with van der Waals surface area (Å²) >= 11 is 0. The van der Waals surface area contributed by atoms with E-state index in [4.69, 9.17) is 10.5 Å². The molecule has 3 N–H and O–H groups in total. The molecule has 0 aliphatic carbocycles. The van der Waals surface area contributed by atoms with Gasteiger partial charge in [-0.3, -0.25) is 9.59 Å². The quantitative estimate of drug-likeness (QED) is 0.318. The fourth-order valence-electron chi connectivity index (χ4n) is 2.82. The van der Waals surface area contributed by atoms with Gasteiger partial charge < -0.3 is 20.5 Å². The summed E-state index contributed by atoms with van der Waals surface area (Å²) in [5, 5.41) is 2.31. The van der Waals surface area contributed by atoms with Crippen LogP contribution in [0.2, 0.25) is 0 Å². The van der Waals surface area contributed by atoms with Crippen molar-refractivity contribution in [3.63, 3.8) is 0 Å². The molecule has 0 aliphatic heterocycles. The van der Waals surface area contributed by atoms with E-state index < -0.39 is 35.7 Å². The zero-order valence-corrected chi connectivity index (χ0v) is 18.0. The van der Waals surface area contributed by atoms with Crippen LogP contribution in [0.4, 0.5) is 26.3 Å². The van der Waals surface area contributed by atoms with Gasteiger partial charge in [0.25, 0.3) is 11.8 Å². The molecule has 0 atom stereocenters. The van der Waals surface area contributed by atoms with Crippen molar-refractivity contribution in [2.24, 2.45) is 5.73 Å². The molecule has 6 nitrogen and oxygen atoms in total. The second kappa shape index (κ2) is 10.4. The minimum absolute atomic E-state index is 0.0934. The van der Waals surface area contributed by atoms with E-state index in [0.29, 0.717) is 0 Å². The predicted octanol–water partition coefficient (Wildman–Crippen LogP) is 5.65. The third-order valence-electron chi connectivity index (χ3n) is 4.47. The molecule has 188 valence electrons. The van der Waals surface area contributed by atoms with Crippen molar-refractivity contribution in [1.29, 1.82) is 0 Å². The van der Waals surface area contributed by atoms with Crippen LogP contribution in [0, 0.1) is 0 Å². The Labute approximate surface area is 199 Å². The molecule has 36 heavy (non-hydrogen) atoms. The fourth-order valence-corrected chi connectivity index (χ4v) is 2.82. The molecule has 0 fully saturated rings. The standard InChI is InChI=1S/C24H16F6N2O4/c25-23(26,27)16-5-11-18(12-6-16)35-17-9-3-15(4-10-17)22(34)32-20(21(31)33)13-14-1-7-19(8-2-14)36-24(28,29)30/h1-13H,(H2,31,33)(H,32,34)/b20-13+. The van der Waals surface area contributed by atoms with E-state index in [1.165, 1.54) is 42.5 Å². The number of hydrogen-bond donors (Lipinski definition) is 2. The van der Waals surface area contributed by atoms with Gasteiger partial charge in [0.2, 0.25) is 0 Å². The Bertz CT molecular complexity index is 1250. The molecule has 0 saturated carbocycles. The zero-order chi connectivity index (χ0) is 26.5. The summed E-state index contributed by atoms with van der Waals surface area (Å²) in [5.41, 5.74) is 4.49. The van der Waals surface area contributed by atoms with E-state index in [-0.39, 0.29) is 28.3 Å². The molecule has 0 aliphatic rings. The fraction of sp³-hybridized carbons (Fsp3) is 0.0833. The lowest BCUT2D eigenvalue weighted by molar-refractivity contribution is -0.274. The van der Waals surface area contributed by atoms with E-state index in [1.807, 2.05) is 0 Å². The van der Waals surface area contributed by atoms with E-state index in [9.17, 15) is 35.9 Å². The molecule has 0 saturated heterocycles. The van der Waals surface area contributed by atoms with Gasteiger partial charge in [-0.1, -0.05) is 12.1 Å². The van der Waals surface area contributed by atoms with Gasteiger partial charge in [0.05, 0.1) is 5.56 Å². The second-order valence-electron chi connectivity index (χ2n) is 7.14. The predicted molar refractivity (Wildman–Crippen MR) is 116 cm³/mol. The molecule has 3 aromatic carbocycles. The maximum Gasteiger partial charge on any atom is 0.573 e. The number of primary amides is 1. The molecule has 0 bridgehead atoms. The summed E-state index contributed by atoms with van der Waals surface area (Å²) < 4.78 is 83.9. The zero-order valence-electron chi connectivity index (χ0n) is 18.0. The summed E-state index contributed by atoms with van der Waals surface area (Å²) in [5.74, 6) is -1.81. The van der Waals surface area contributed by atoms with Crippen LogP contribution in [0.15, 0.2) is 78.5 Å². The summed E-state index contributed by atoms with van der Waals surface area (Å²) in [6, 6.07) is 14.0. The van der Waals surface area contributed by atoms with Crippen LogP contribution in [0.1, 0.15) is 21.5 Å². The number of rotatable bonds is 7. The Morgan fingerprint density at radius 3 is 1.72 bits per heavy atom.